The summed E-state index contributed by atoms with van der Waals surface area (Å²) in [7, 11) is 0. The first kappa shape index (κ1) is 22.0. The van der Waals surface area contributed by atoms with Crippen LogP contribution in [-0.2, 0) is 18.0 Å². The zero-order chi connectivity index (χ0) is 23.2. The highest BCUT2D eigenvalue weighted by Crippen LogP contribution is 2.23. The van der Waals surface area contributed by atoms with Gasteiger partial charge in [-0.05, 0) is 42.0 Å². The predicted octanol–water partition coefficient (Wildman–Crippen LogP) is 5.23. The molecule has 4 rings (SSSR count). The lowest BCUT2D eigenvalue weighted by Gasteiger charge is -2.11. The van der Waals surface area contributed by atoms with Crippen LogP contribution in [0.4, 0.5) is 5.69 Å². The van der Waals surface area contributed by atoms with E-state index in [2.05, 4.69) is 10.2 Å². The van der Waals surface area contributed by atoms with Gasteiger partial charge in [0, 0.05) is 22.7 Å². The van der Waals surface area contributed by atoms with Gasteiger partial charge in [0.1, 0.15) is 17.9 Å². The molecular weight excluding hydrogens is 450 g/mol. The number of aromatic nitrogens is 2. The Morgan fingerprint density at radius 3 is 2.42 bits per heavy atom. The molecule has 0 saturated heterocycles. The number of hydrogen-bond donors (Lipinski definition) is 0. The number of nitro groups is 1. The lowest BCUT2D eigenvalue weighted by Crippen LogP contribution is -2.08. The number of halogens is 1. The van der Waals surface area contributed by atoms with Crippen LogP contribution in [-0.4, -0.2) is 21.1 Å². The van der Waals surface area contributed by atoms with Gasteiger partial charge in [-0.2, -0.15) is 0 Å². The summed E-state index contributed by atoms with van der Waals surface area (Å²) in [6.45, 7) is 0.00799. The van der Waals surface area contributed by atoms with Gasteiger partial charge in [0.2, 0.25) is 5.89 Å². The molecule has 0 aliphatic carbocycles. The van der Waals surface area contributed by atoms with Crippen LogP contribution in [0.25, 0.3) is 11.5 Å². The molecule has 0 amide bonds. The van der Waals surface area contributed by atoms with Gasteiger partial charge in [0.05, 0.1) is 4.92 Å². The van der Waals surface area contributed by atoms with Gasteiger partial charge in [-0.25, -0.2) is 4.79 Å². The second kappa shape index (κ2) is 9.92. The van der Waals surface area contributed by atoms with Crippen molar-refractivity contribution in [3.63, 3.8) is 0 Å². The summed E-state index contributed by atoms with van der Waals surface area (Å²) in [5.41, 5.74) is 1.60. The van der Waals surface area contributed by atoms with E-state index in [0.717, 1.165) is 5.56 Å². The molecule has 0 aliphatic heterocycles. The molecule has 1 heterocycles. The Kier molecular flexibility index (Phi) is 6.61. The molecule has 0 aliphatic rings. The summed E-state index contributed by atoms with van der Waals surface area (Å²) in [6, 6.07) is 19.6. The molecule has 0 fully saturated rings. The van der Waals surface area contributed by atoms with Crippen molar-refractivity contribution in [2.75, 3.05) is 0 Å². The number of esters is 1. The van der Waals surface area contributed by atoms with E-state index in [9.17, 15) is 14.9 Å². The Bertz CT molecular complexity index is 1270. The number of carbonyl (C=O) groups excluding carboxylic acids is 1. The fourth-order valence-corrected chi connectivity index (χ4v) is 2.99. The van der Waals surface area contributed by atoms with Crippen LogP contribution in [0.5, 0.6) is 5.75 Å². The number of nitrogens with zero attached hydrogens (tertiary/aromatic N) is 3. The van der Waals surface area contributed by atoms with Crippen LogP contribution in [0.2, 0.25) is 5.02 Å². The first-order valence-corrected chi connectivity index (χ1v) is 10.1. The molecule has 1 aromatic heterocycles. The van der Waals surface area contributed by atoms with Crippen LogP contribution < -0.4 is 4.74 Å². The Labute approximate surface area is 192 Å². The maximum absolute atomic E-state index is 12.6. The molecule has 4 aromatic rings. The van der Waals surface area contributed by atoms with Crippen molar-refractivity contribution >= 4 is 23.3 Å². The molecule has 33 heavy (non-hydrogen) atoms. The van der Waals surface area contributed by atoms with Crippen molar-refractivity contribution in [3.05, 3.63) is 105 Å². The number of hydrogen-bond acceptors (Lipinski definition) is 8. The van der Waals surface area contributed by atoms with Gasteiger partial charge in [0.15, 0.2) is 6.61 Å². The van der Waals surface area contributed by atoms with E-state index in [0.29, 0.717) is 16.3 Å². The van der Waals surface area contributed by atoms with Crippen LogP contribution in [0, 0.1) is 10.1 Å². The molecule has 0 N–H and O–H groups in total. The van der Waals surface area contributed by atoms with Crippen molar-refractivity contribution in [2.24, 2.45) is 0 Å². The summed E-state index contributed by atoms with van der Waals surface area (Å²) in [5.74, 6) is -0.00903. The Morgan fingerprint density at radius 1 is 0.970 bits per heavy atom. The smallest absolute Gasteiger partial charge is 0.342 e. The molecular formula is C23H16ClN3O6. The Morgan fingerprint density at radius 2 is 1.70 bits per heavy atom. The standard InChI is InChI=1S/C23H16ClN3O6/c24-17-9-5-15(6-10-17)13-31-20-4-2-1-3-19(20)23(28)32-14-21-25-26-22(33-21)16-7-11-18(12-8-16)27(29)30/h1-12H,13-14H2. The first-order chi connectivity index (χ1) is 16.0. The number of rotatable bonds is 8. The lowest BCUT2D eigenvalue weighted by atomic mass is 10.2. The van der Waals surface area contributed by atoms with Crippen molar-refractivity contribution in [3.8, 4) is 17.2 Å². The zero-order valence-corrected chi connectivity index (χ0v) is 17.8. The maximum Gasteiger partial charge on any atom is 0.342 e. The topological polar surface area (TPSA) is 118 Å². The van der Waals surface area contributed by atoms with Gasteiger partial charge in [0.25, 0.3) is 11.6 Å². The minimum atomic E-state index is -0.614. The van der Waals surface area contributed by atoms with Crippen molar-refractivity contribution in [2.45, 2.75) is 13.2 Å². The Balaban J connectivity index is 1.38. The molecule has 9 nitrogen and oxygen atoms in total. The fourth-order valence-electron chi connectivity index (χ4n) is 2.86. The predicted molar refractivity (Wildman–Crippen MR) is 118 cm³/mol. The average Bonchev–Trinajstić information content (AvgIpc) is 3.31. The minimum Gasteiger partial charge on any atom is -0.488 e. The fraction of sp³-hybridized carbons (Fsp3) is 0.0870. The van der Waals surface area contributed by atoms with Crippen LogP contribution in [0.15, 0.2) is 77.2 Å². The molecule has 3 aromatic carbocycles. The second-order valence-corrected chi connectivity index (χ2v) is 7.23. The van der Waals surface area contributed by atoms with E-state index in [4.69, 9.17) is 25.5 Å². The van der Waals surface area contributed by atoms with Crippen LogP contribution in [0.3, 0.4) is 0 Å². The second-order valence-electron chi connectivity index (χ2n) is 6.79. The van der Waals surface area contributed by atoms with Crippen molar-refractivity contribution in [1.29, 1.82) is 0 Å². The molecule has 0 saturated carbocycles. The van der Waals surface area contributed by atoms with Crippen LogP contribution in [0.1, 0.15) is 21.8 Å². The number of nitro benzene ring substituents is 1. The molecule has 10 heteroatoms. The number of ether oxygens (including phenoxy) is 2. The molecule has 0 spiro atoms. The molecule has 0 radical (unpaired) electrons. The number of carbonyl (C=O) groups is 1. The maximum atomic E-state index is 12.6. The summed E-state index contributed by atoms with van der Waals surface area (Å²) in [4.78, 5) is 22.9. The first-order valence-electron chi connectivity index (χ1n) is 9.70. The normalized spacial score (nSPS) is 10.6. The third-order valence-electron chi connectivity index (χ3n) is 4.53. The van der Waals surface area contributed by atoms with Gasteiger partial charge < -0.3 is 13.9 Å². The summed E-state index contributed by atoms with van der Waals surface area (Å²) >= 11 is 5.89. The number of para-hydroxylation sites is 1. The van der Waals surface area contributed by atoms with Crippen molar-refractivity contribution < 1.29 is 23.6 Å². The largest absolute Gasteiger partial charge is 0.488 e. The molecule has 0 unspecified atom stereocenters. The number of benzene rings is 3. The monoisotopic (exact) mass is 465 g/mol. The highest BCUT2D eigenvalue weighted by molar-refractivity contribution is 6.30. The van der Waals surface area contributed by atoms with E-state index in [1.807, 2.05) is 12.1 Å². The van der Waals surface area contributed by atoms with Crippen LogP contribution >= 0.6 is 11.6 Å². The van der Waals surface area contributed by atoms with Gasteiger partial charge in [-0.1, -0.05) is 35.9 Å². The van der Waals surface area contributed by atoms with Gasteiger partial charge >= 0.3 is 5.97 Å². The quantitative estimate of drug-likeness (QED) is 0.197. The molecule has 0 bridgehead atoms. The molecule has 0 atom stereocenters. The molecule has 166 valence electrons. The number of non-ortho nitro benzene ring substituents is 1. The van der Waals surface area contributed by atoms with E-state index in [1.165, 1.54) is 24.3 Å². The third-order valence-corrected chi connectivity index (χ3v) is 4.79. The average molecular weight is 466 g/mol. The van der Waals surface area contributed by atoms with E-state index < -0.39 is 10.9 Å². The summed E-state index contributed by atoms with van der Waals surface area (Å²) in [6.07, 6.45) is 0. The van der Waals surface area contributed by atoms with E-state index >= 15 is 0 Å². The minimum absolute atomic E-state index is 0.0515. The highest BCUT2D eigenvalue weighted by Gasteiger charge is 2.17. The SMILES string of the molecule is O=C(OCc1nnc(-c2ccc([N+](=O)[O-])cc2)o1)c1ccccc1OCc1ccc(Cl)cc1. The highest BCUT2D eigenvalue weighted by atomic mass is 35.5. The van der Waals surface area contributed by atoms with Crippen molar-refractivity contribution in [1.82, 2.24) is 10.2 Å². The third kappa shape index (κ3) is 5.52. The zero-order valence-electron chi connectivity index (χ0n) is 17.0. The van der Waals surface area contributed by atoms with Gasteiger partial charge in [-0.15, -0.1) is 10.2 Å². The summed E-state index contributed by atoms with van der Waals surface area (Å²) < 4.78 is 16.6. The Hall–Kier alpha value is -4.24. The lowest BCUT2D eigenvalue weighted by molar-refractivity contribution is -0.384. The van der Waals surface area contributed by atoms with E-state index in [-0.39, 0.29) is 36.2 Å². The van der Waals surface area contributed by atoms with E-state index in [1.54, 1.807) is 36.4 Å². The van der Waals surface area contributed by atoms with Gasteiger partial charge in [-0.3, -0.25) is 10.1 Å². The summed E-state index contributed by atoms with van der Waals surface area (Å²) in [5, 5.41) is 19.1.